The minimum absolute atomic E-state index is 0.165. The van der Waals surface area contributed by atoms with Crippen molar-refractivity contribution < 1.29 is 4.79 Å². The molecule has 0 aliphatic carbocycles. The molecule has 0 aromatic heterocycles. The molecule has 96 valence electrons. The SMILES string of the molecule is CC(C)N(CCC#N)CCC(=O)c1ccccc1. The first-order valence-electron chi connectivity index (χ1n) is 6.34. The van der Waals surface area contributed by atoms with Crippen LogP contribution in [0.25, 0.3) is 0 Å². The van der Waals surface area contributed by atoms with E-state index >= 15 is 0 Å². The molecule has 0 aliphatic rings. The van der Waals surface area contributed by atoms with Gasteiger partial charge in [-0.25, -0.2) is 0 Å². The van der Waals surface area contributed by atoms with Crippen molar-refractivity contribution in [2.45, 2.75) is 32.7 Å². The van der Waals surface area contributed by atoms with Crippen LogP contribution < -0.4 is 0 Å². The molecule has 0 heterocycles. The third kappa shape index (κ3) is 4.68. The lowest BCUT2D eigenvalue weighted by molar-refractivity contribution is 0.0956. The number of carbonyl (C=O) groups excluding carboxylic acids is 1. The van der Waals surface area contributed by atoms with Crippen LogP contribution in [-0.4, -0.2) is 29.8 Å². The van der Waals surface area contributed by atoms with E-state index in [-0.39, 0.29) is 5.78 Å². The van der Waals surface area contributed by atoms with E-state index < -0.39 is 0 Å². The van der Waals surface area contributed by atoms with Crippen molar-refractivity contribution in [1.29, 1.82) is 5.26 Å². The zero-order chi connectivity index (χ0) is 13.4. The number of nitriles is 1. The van der Waals surface area contributed by atoms with Gasteiger partial charge in [0.2, 0.25) is 0 Å². The second kappa shape index (κ2) is 7.62. The Bertz CT molecular complexity index is 406. The Hall–Kier alpha value is -1.66. The minimum atomic E-state index is 0.165. The molecule has 0 atom stereocenters. The molecule has 18 heavy (non-hydrogen) atoms. The summed E-state index contributed by atoms with van der Waals surface area (Å²) in [6, 6.07) is 11.9. The Kier molecular flexibility index (Phi) is 6.10. The van der Waals surface area contributed by atoms with Gasteiger partial charge in [-0.05, 0) is 13.8 Å². The number of carbonyl (C=O) groups is 1. The number of Topliss-reactive ketones (excluding diaryl/α,β-unsaturated/α-hetero) is 1. The van der Waals surface area contributed by atoms with Gasteiger partial charge in [0, 0.05) is 37.5 Å². The van der Waals surface area contributed by atoms with Gasteiger partial charge >= 0.3 is 0 Å². The van der Waals surface area contributed by atoms with Gasteiger partial charge in [0.25, 0.3) is 0 Å². The van der Waals surface area contributed by atoms with Crippen molar-refractivity contribution in [3.05, 3.63) is 35.9 Å². The van der Waals surface area contributed by atoms with Crippen LogP contribution in [0.1, 0.15) is 37.0 Å². The van der Waals surface area contributed by atoms with Gasteiger partial charge in [-0.15, -0.1) is 0 Å². The number of ketones is 1. The van der Waals surface area contributed by atoms with Crippen molar-refractivity contribution in [1.82, 2.24) is 4.90 Å². The second-order valence-corrected chi connectivity index (χ2v) is 4.58. The Morgan fingerprint density at radius 2 is 1.94 bits per heavy atom. The Morgan fingerprint density at radius 3 is 2.50 bits per heavy atom. The molecule has 1 rings (SSSR count). The Labute approximate surface area is 109 Å². The fourth-order valence-electron chi connectivity index (χ4n) is 1.84. The lowest BCUT2D eigenvalue weighted by Gasteiger charge is -2.24. The fourth-order valence-corrected chi connectivity index (χ4v) is 1.84. The summed E-state index contributed by atoms with van der Waals surface area (Å²) in [5, 5.41) is 8.61. The monoisotopic (exact) mass is 244 g/mol. The van der Waals surface area contributed by atoms with E-state index in [1.54, 1.807) is 0 Å². The van der Waals surface area contributed by atoms with E-state index in [0.717, 1.165) is 12.1 Å². The van der Waals surface area contributed by atoms with E-state index in [0.29, 0.717) is 25.4 Å². The summed E-state index contributed by atoms with van der Waals surface area (Å²) in [4.78, 5) is 14.1. The number of nitrogens with zero attached hydrogens (tertiary/aromatic N) is 2. The van der Waals surface area contributed by atoms with Crippen LogP contribution in [0.2, 0.25) is 0 Å². The highest BCUT2D eigenvalue weighted by Gasteiger charge is 2.12. The molecule has 0 N–H and O–H groups in total. The summed E-state index contributed by atoms with van der Waals surface area (Å²) in [7, 11) is 0. The van der Waals surface area contributed by atoms with Crippen molar-refractivity contribution in [2.24, 2.45) is 0 Å². The third-order valence-corrected chi connectivity index (χ3v) is 2.96. The Balaban J connectivity index is 2.47. The van der Waals surface area contributed by atoms with Crippen LogP contribution in [0, 0.1) is 11.3 Å². The topological polar surface area (TPSA) is 44.1 Å². The molecule has 3 heteroatoms. The molecule has 0 saturated heterocycles. The van der Waals surface area contributed by atoms with E-state index in [2.05, 4.69) is 24.8 Å². The summed E-state index contributed by atoms with van der Waals surface area (Å²) in [5.74, 6) is 0.165. The van der Waals surface area contributed by atoms with Gasteiger partial charge in [0.05, 0.1) is 6.07 Å². The van der Waals surface area contributed by atoms with E-state index in [9.17, 15) is 4.79 Å². The second-order valence-electron chi connectivity index (χ2n) is 4.58. The van der Waals surface area contributed by atoms with Gasteiger partial charge in [-0.2, -0.15) is 5.26 Å². The van der Waals surface area contributed by atoms with Gasteiger partial charge in [-0.3, -0.25) is 9.69 Å². The molecule has 0 unspecified atom stereocenters. The minimum Gasteiger partial charge on any atom is -0.299 e. The molecule has 0 saturated carbocycles. The Morgan fingerprint density at radius 1 is 1.28 bits per heavy atom. The van der Waals surface area contributed by atoms with Gasteiger partial charge in [0.15, 0.2) is 5.78 Å². The first-order chi connectivity index (χ1) is 8.65. The lowest BCUT2D eigenvalue weighted by Crippen LogP contribution is -2.33. The highest BCUT2D eigenvalue weighted by molar-refractivity contribution is 5.96. The average Bonchev–Trinajstić information content (AvgIpc) is 2.39. The summed E-state index contributed by atoms with van der Waals surface area (Å²) in [6.45, 7) is 5.62. The van der Waals surface area contributed by atoms with Crippen LogP contribution in [0.3, 0.4) is 0 Å². The van der Waals surface area contributed by atoms with Gasteiger partial charge < -0.3 is 0 Å². The normalized spacial score (nSPS) is 10.6. The maximum Gasteiger partial charge on any atom is 0.164 e. The standard InChI is InChI=1S/C15H20N2O/c1-13(2)17(11-6-10-16)12-9-15(18)14-7-4-3-5-8-14/h3-5,7-8,13H,6,9,11-12H2,1-2H3. The maximum atomic E-state index is 12.0. The quantitative estimate of drug-likeness (QED) is 0.693. The molecular weight excluding hydrogens is 224 g/mol. The zero-order valence-corrected chi connectivity index (χ0v) is 11.1. The largest absolute Gasteiger partial charge is 0.299 e. The maximum absolute atomic E-state index is 12.0. The summed E-state index contributed by atoms with van der Waals surface area (Å²) in [5.41, 5.74) is 0.765. The highest BCUT2D eigenvalue weighted by atomic mass is 16.1. The van der Waals surface area contributed by atoms with Gasteiger partial charge in [0.1, 0.15) is 0 Å². The van der Waals surface area contributed by atoms with E-state index in [1.165, 1.54) is 0 Å². The predicted octanol–water partition coefficient (Wildman–Crippen LogP) is 2.88. The van der Waals surface area contributed by atoms with Crippen molar-refractivity contribution >= 4 is 5.78 Å². The molecule has 0 aliphatic heterocycles. The van der Waals surface area contributed by atoms with E-state index in [1.807, 2.05) is 30.3 Å². The van der Waals surface area contributed by atoms with Crippen molar-refractivity contribution in [2.75, 3.05) is 13.1 Å². The molecule has 0 bridgehead atoms. The lowest BCUT2D eigenvalue weighted by atomic mass is 10.1. The fraction of sp³-hybridized carbons (Fsp3) is 0.467. The summed E-state index contributed by atoms with van der Waals surface area (Å²) in [6.07, 6.45) is 1.02. The number of benzene rings is 1. The summed E-state index contributed by atoms with van der Waals surface area (Å²) >= 11 is 0. The smallest absolute Gasteiger partial charge is 0.164 e. The van der Waals surface area contributed by atoms with Gasteiger partial charge in [-0.1, -0.05) is 30.3 Å². The molecule has 1 aromatic rings. The molecule has 0 fully saturated rings. The van der Waals surface area contributed by atoms with Crippen LogP contribution in [0.5, 0.6) is 0 Å². The van der Waals surface area contributed by atoms with E-state index in [4.69, 9.17) is 5.26 Å². The number of hydrogen-bond acceptors (Lipinski definition) is 3. The first-order valence-corrected chi connectivity index (χ1v) is 6.34. The number of hydrogen-bond donors (Lipinski definition) is 0. The molecule has 1 aromatic carbocycles. The molecule has 0 amide bonds. The molecule has 3 nitrogen and oxygen atoms in total. The van der Waals surface area contributed by atoms with Crippen LogP contribution in [0.4, 0.5) is 0 Å². The first kappa shape index (κ1) is 14.4. The van der Waals surface area contributed by atoms with Crippen LogP contribution in [0.15, 0.2) is 30.3 Å². The third-order valence-electron chi connectivity index (χ3n) is 2.96. The molecule has 0 spiro atoms. The summed E-state index contributed by atoms with van der Waals surface area (Å²) < 4.78 is 0. The van der Waals surface area contributed by atoms with Crippen molar-refractivity contribution in [3.8, 4) is 6.07 Å². The van der Waals surface area contributed by atoms with Crippen LogP contribution in [-0.2, 0) is 0 Å². The molecule has 0 radical (unpaired) electrons. The number of rotatable bonds is 7. The molecular formula is C15H20N2O. The van der Waals surface area contributed by atoms with Crippen LogP contribution >= 0.6 is 0 Å². The zero-order valence-electron chi connectivity index (χ0n) is 11.1. The average molecular weight is 244 g/mol. The van der Waals surface area contributed by atoms with Crippen molar-refractivity contribution in [3.63, 3.8) is 0 Å². The highest BCUT2D eigenvalue weighted by Crippen LogP contribution is 2.06. The predicted molar refractivity (Wildman–Crippen MR) is 72.3 cm³/mol.